The van der Waals surface area contributed by atoms with E-state index in [-0.39, 0.29) is 18.0 Å². The first-order valence-corrected chi connectivity index (χ1v) is 9.60. The largest absolute Gasteiger partial charge is 0.330 e. The Bertz CT molecular complexity index is 846. The second-order valence-corrected chi connectivity index (χ2v) is 7.84. The number of urea groups is 1. The van der Waals surface area contributed by atoms with Gasteiger partial charge in [0.1, 0.15) is 0 Å². The van der Waals surface area contributed by atoms with E-state index < -0.39 is 0 Å². The van der Waals surface area contributed by atoms with Gasteiger partial charge >= 0.3 is 6.03 Å². The fourth-order valence-corrected chi connectivity index (χ4v) is 4.25. The highest BCUT2D eigenvalue weighted by molar-refractivity contribution is 7.11. The summed E-state index contributed by atoms with van der Waals surface area (Å²) in [5.41, 5.74) is 3.43. The first-order valence-electron chi connectivity index (χ1n) is 8.78. The molecular weight excluding hydrogens is 348 g/mol. The molecule has 1 saturated heterocycles. The number of nitrogens with zero attached hydrogens (tertiary/aromatic N) is 2. The van der Waals surface area contributed by atoms with Crippen molar-refractivity contribution in [3.05, 3.63) is 39.3 Å². The van der Waals surface area contributed by atoms with Crippen LogP contribution >= 0.6 is 11.3 Å². The third-order valence-corrected chi connectivity index (χ3v) is 5.85. The van der Waals surface area contributed by atoms with E-state index in [9.17, 15) is 9.59 Å². The van der Waals surface area contributed by atoms with E-state index in [1.165, 1.54) is 0 Å². The van der Waals surface area contributed by atoms with E-state index in [1.54, 1.807) is 16.2 Å². The Morgan fingerprint density at radius 3 is 2.69 bits per heavy atom. The lowest BCUT2D eigenvalue weighted by Gasteiger charge is -2.21. The maximum Gasteiger partial charge on any atom is 0.319 e. The number of hydrogen-bond acceptors (Lipinski definition) is 4. The van der Waals surface area contributed by atoms with Crippen molar-refractivity contribution in [2.24, 2.45) is 0 Å². The van der Waals surface area contributed by atoms with Gasteiger partial charge in [-0.3, -0.25) is 4.79 Å². The van der Waals surface area contributed by atoms with Crippen LogP contribution in [0.1, 0.15) is 46.9 Å². The number of carbonyl (C=O) groups is 2. The molecule has 1 atom stereocenters. The summed E-state index contributed by atoms with van der Waals surface area (Å²) >= 11 is 1.60. The van der Waals surface area contributed by atoms with E-state index in [2.05, 4.69) is 15.6 Å². The van der Waals surface area contributed by atoms with Crippen molar-refractivity contribution >= 4 is 34.6 Å². The van der Waals surface area contributed by atoms with Crippen molar-refractivity contribution in [3.8, 4) is 0 Å². The molecule has 2 N–H and O–H groups in total. The monoisotopic (exact) mass is 372 g/mol. The average molecular weight is 372 g/mol. The molecule has 2 aromatic rings. The van der Waals surface area contributed by atoms with Gasteiger partial charge in [0, 0.05) is 29.2 Å². The Morgan fingerprint density at radius 1 is 1.31 bits per heavy atom. The van der Waals surface area contributed by atoms with Crippen molar-refractivity contribution in [1.82, 2.24) is 10.3 Å². The zero-order chi connectivity index (χ0) is 18.8. The molecule has 1 fully saturated rings. The van der Waals surface area contributed by atoms with E-state index in [1.807, 2.05) is 45.9 Å². The standard InChI is InChI=1S/C19H24N4O2S/c1-11-15(7-5-8-16(11)23-10-6-9-17(23)24)22-19(25)21-13(3)18-12(2)20-14(4)26-18/h5,7-8,13H,6,9-10H2,1-4H3,(H2,21,22,25)/t13-/m1/s1. The average Bonchev–Trinajstić information content (AvgIpc) is 3.14. The molecule has 3 amide bonds. The summed E-state index contributed by atoms with van der Waals surface area (Å²) < 4.78 is 0. The Kier molecular flexibility index (Phi) is 5.27. The summed E-state index contributed by atoms with van der Waals surface area (Å²) in [7, 11) is 0. The van der Waals surface area contributed by atoms with Crippen LogP contribution in [-0.4, -0.2) is 23.5 Å². The van der Waals surface area contributed by atoms with Crippen LogP contribution in [0.3, 0.4) is 0 Å². The molecule has 2 heterocycles. The number of aryl methyl sites for hydroxylation is 2. The quantitative estimate of drug-likeness (QED) is 0.849. The molecule has 0 bridgehead atoms. The molecule has 0 aliphatic carbocycles. The third kappa shape index (κ3) is 3.72. The van der Waals surface area contributed by atoms with Gasteiger partial charge < -0.3 is 15.5 Å². The molecule has 3 rings (SSSR count). The van der Waals surface area contributed by atoms with Crippen LogP contribution in [0.5, 0.6) is 0 Å². The van der Waals surface area contributed by atoms with Crippen LogP contribution in [0, 0.1) is 20.8 Å². The minimum atomic E-state index is -0.268. The minimum Gasteiger partial charge on any atom is -0.330 e. The summed E-state index contributed by atoms with van der Waals surface area (Å²) in [5, 5.41) is 6.87. The normalized spacial score (nSPS) is 15.2. The van der Waals surface area contributed by atoms with Crippen molar-refractivity contribution in [2.75, 3.05) is 16.8 Å². The van der Waals surface area contributed by atoms with Gasteiger partial charge in [-0.05, 0) is 51.8 Å². The van der Waals surface area contributed by atoms with Gasteiger partial charge in [0.15, 0.2) is 0 Å². The molecule has 26 heavy (non-hydrogen) atoms. The van der Waals surface area contributed by atoms with Crippen LogP contribution in [-0.2, 0) is 4.79 Å². The van der Waals surface area contributed by atoms with Crippen LogP contribution in [0.4, 0.5) is 16.2 Å². The Hall–Kier alpha value is -2.41. The van der Waals surface area contributed by atoms with E-state index in [0.29, 0.717) is 12.1 Å². The van der Waals surface area contributed by atoms with Gasteiger partial charge in [-0.2, -0.15) is 0 Å². The van der Waals surface area contributed by atoms with Crippen molar-refractivity contribution in [3.63, 3.8) is 0 Å². The van der Waals surface area contributed by atoms with Gasteiger partial charge in [0.2, 0.25) is 5.91 Å². The number of aromatic nitrogens is 1. The van der Waals surface area contributed by atoms with Gasteiger partial charge in [0.25, 0.3) is 0 Å². The molecule has 138 valence electrons. The molecule has 0 saturated carbocycles. The summed E-state index contributed by atoms with van der Waals surface area (Å²) in [5.74, 6) is 0.138. The number of carbonyl (C=O) groups excluding carboxylic acids is 2. The highest BCUT2D eigenvalue weighted by Crippen LogP contribution is 2.30. The van der Waals surface area contributed by atoms with Gasteiger partial charge in [-0.15, -0.1) is 11.3 Å². The molecule has 1 aliphatic heterocycles. The second-order valence-electron chi connectivity index (χ2n) is 6.60. The molecule has 0 radical (unpaired) electrons. The number of amides is 3. The van der Waals surface area contributed by atoms with Crippen molar-refractivity contribution < 1.29 is 9.59 Å². The lowest BCUT2D eigenvalue weighted by molar-refractivity contribution is -0.117. The van der Waals surface area contributed by atoms with Crippen LogP contribution in [0.15, 0.2) is 18.2 Å². The van der Waals surface area contributed by atoms with Crippen molar-refractivity contribution in [2.45, 2.75) is 46.6 Å². The highest BCUT2D eigenvalue weighted by atomic mass is 32.1. The number of benzene rings is 1. The molecule has 0 spiro atoms. The third-order valence-electron chi connectivity index (χ3n) is 4.60. The summed E-state index contributed by atoms with van der Waals surface area (Å²) in [6, 6.07) is 5.25. The number of rotatable bonds is 4. The summed E-state index contributed by atoms with van der Waals surface area (Å²) in [6.45, 7) is 8.52. The van der Waals surface area contributed by atoms with Gasteiger partial charge in [-0.25, -0.2) is 9.78 Å². The summed E-state index contributed by atoms with van der Waals surface area (Å²) in [6.07, 6.45) is 1.46. The smallest absolute Gasteiger partial charge is 0.319 e. The first kappa shape index (κ1) is 18.4. The fraction of sp³-hybridized carbons (Fsp3) is 0.421. The van der Waals surface area contributed by atoms with Gasteiger partial charge in [0.05, 0.1) is 16.7 Å². The van der Waals surface area contributed by atoms with Gasteiger partial charge in [-0.1, -0.05) is 6.07 Å². The van der Waals surface area contributed by atoms with Crippen LogP contribution < -0.4 is 15.5 Å². The van der Waals surface area contributed by atoms with E-state index in [0.717, 1.165) is 39.8 Å². The molecular formula is C19H24N4O2S. The molecule has 7 heteroatoms. The summed E-state index contributed by atoms with van der Waals surface area (Å²) in [4.78, 5) is 31.7. The SMILES string of the molecule is Cc1nc(C)c([C@@H](C)NC(=O)Nc2cccc(N3CCCC3=O)c2C)s1. The lowest BCUT2D eigenvalue weighted by Crippen LogP contribution is -2.31. The maximum atomic E-state index is 12.4. The van der Waals surface area contributed by atoms with Crippen molar-refractivity contribution in [1.29, 1.82) is 0 Å². The molecule has 1 aromatic heterocycles. The molecule has 0 unspecified atom stereocenters. The maximum absolute atomic E-state index is 12.4. The predicted molar refractivity (Wildman–Crippen MR) is 105 cm³/mol. The molecule has 6 nitrogen and oxygen atoms in total. The number of hydrogen-bond donors (Lipinski definition) is 2. The zero-order valence-corrected chi connectivity index (χ0v) is 16.4. The lowest BCUT2D eigenvalue weighted by atomic mass is 10.1. The number of nitrogens with one attached hydrogen (secondary N) is 2. The predicted octanol–water partition coefficient (Wildman–Crippen LogP) is 4.08. The minimum absolute atomic E-state index is 0.121. The molecule has 1 aliphatic rings. The topological polar surface area (TPSA) is 74.3 Å². The second kappa shape index (κ2) is 7.45. The fourth-order valence-electron chi connectivity index (χ4n) is 3.32. The highest BCUT2D eigenvalue weighted by Gasteiger charge is 2.24. The number of anilines is 2. The van der Waals surface area contributed by atoms with E-state index in [4.69, 9.17) is 0 Å². The Morgan fingerprint density at radius 2 is 2.08 bits per heavy atom. The zero-order valence-electron chi connectivity index (χ0n) is 15.5. The van der Waals surface area contributed by atoms with Crippen LogP contribution in [0.2, 0.25) is 0 Å². The first-order chi connectivity index (χ1) is 12.4. The van der Waals surface area contributed by atoms with E-state index >= 15 is 0 Å². The molecule has 1 aromatic carbocycles. The Balaban J connectivity index is 1.71. The Labute approximate surface area is 157 Å². The van der Waals surface area contributed by atoms with Crippen LogP contribution in [0.25, 0.3) is 0 Å². The number of thiazole rings is 1.